The van der Waals surface area contributed by atoms with Crippen LogP contribution in [0.1, 0.15) is 27.2 Å². The number of aryl methyl sites for hydroxylation is 1. The van der Waals surface area contributed by atoms with Gasteiger partial charge in [0.25, 0.3) is 11.5 Å². The molecule has 4 rings (SSSR count). The second-order valence-corrected chi connectivity index (χ2v) is 6.72. The highest BCUT2D eigenvalue weighted by molar-refractivity contribution is 6.09. The Kier molecular flexibility index (Phi) is 5.09. The number of anilines is 1. The van der Waals surface area contributed by atoms with Crippen LogP contribution in [0.3, 0.4) is 0 Å². The minimum Gasteiger partial charge on any atom is -0.495 e. The maximum atomic E-state index is 12.8. The monoisotopic (exact) mass is 392 g/mol. The molecule has 29 heavy (non-hydrogen) atoms. The van der Waals surface area contributed by atoms with Crippen molar-refractivity contribution in [1.82, 2.24) is 14.8 Å². The lowest BCUT2D eigenvalue weighted by atomic mass is 10.1. The molecule has 0 radical (unpaired) electrons. The number of carbonyl (C=O) groups excluding carboxylic acids is 1. The average Bonchev–Trinajstić information content (AvgIpc) is 3.07. The van der Waals surface area contributed by atoms with Gasteiger partial charge in [-0.25, -0.2) is 4.68 Å². The highest BCUT2D eigenvalue weighted by Gasteiger charge is 2.29. The number of fused-ring (bicyclic) bond motifs is 1. The molecule has 3 heterocycles. The van der Waals surface area contributed by atoms with Gasteiger partial charge in [-0.05, 0) is 35.4 Å². The summed E-state index contributed by atoms with van der Waals surface area (Å²) in [7, 11) is 3.16. The molecule has 0 saturated heterocycles. The largest absolute Gasteiger partial charge is 0.495 e. The normalized spacial score (nSPS) is 12.9. The second-order valence-electron chi connectivity index (χ2n) is 6.72. The van der Waals surface area contributed by atoms with Crippen LogP contribution in [0.25, 0.3) is 0 Å². The van der Waals surface area contributed by atoms with Crippen LogP contribution < -0.4 is 15.2 Å². The molecule has 1 aromatic carbocycles. The van der Waals surface area contributed by atoms with E-state index in [4.69, 9.17) is 9.47 Å². The van der Waals surface area contributed by atoms with E-state index < -0.39 is 0 Å². The molecule has 0 N–H and O–H groups in total. The molecular formula is C21H20N4O4. The lowest BCUT2D eigenvalue weighted by Crippen LogP contribution is -2.28. The Balaban J connectivity index is 1.43. The van der Waals surface area contributed by atoms with Gasteiger partial charge in [0.1, 0.15) is 5.75 Å². The summed E-state index contributed by atoms with van der Waals surface area (Å²) in [6.45, 7) is 1.16. The number of pyridine rings is 1. The van der Waals surface area contributed by atoms with Gasteiger partial charge in [-0.15, -0.1) is 0 Å². The molecule has 0 unspecified atom stereocenters. The fourth-order valence-corrected chi connectivity index (χ4v) is 3.15. The Morgan fingerprint density at radius 2 is 1.93 bits per heavy atom. The Labute approximate surface area is 167 Å². The van der Waals surface area contributed by atoms with E-state index in [0.717, 1.165) is 16.8 Å². The van der Waals surface area contributed by atoms with Crippen LogP contribution >= 0.6 is 0 Å². The third-order valence-corrected chi connectivity index (χ3v) is 4.75. The van der Waals surface area contributed by atoms with Gasteiger partial charge < -0.3 is 9.47 Å². The SMILES string of the molecule is COc1ccc(COCc2ccc3c(c2)C(=O)N(c2ccc(=O)n(C)n2)C3)nc1. The van der Waals surface area contributed by atoms with E-state index >= 15 is 0 Å². The summed E-state index contributed by atoms with van der Waals surface area (Å²) in [6.07, 6.45) is 1.65. The van der Waals surface area contributed by atoms with Crippen LogP contribution in [0, 0.1) is 0 Å². The molecule has 0 saturated carbocycles. The van der Waals surface area contributed by atoms with E-state index in [1.54, 1.807) is 31.3 Å². The highest BCUT2D eigenvalue weighted by atomic mass is 16.5. The number of aromatic nitrogens is 3. The topological polar surface area (TPSA) is 86.5 Å². The quantitative estimate of drug-likeness (QED) is 0.638. The summed E-state index contributed by atoms with van der Waals surface area (Å²) >= 11 is 0. The molecule has 0 aliphatic carbocycles. The number of methoxy groups -OCH3 is 1. The molecule has 1 amide bonds. The van der Waals surface area contributed by atoms with Crippen LogP contribution in [0.2, 0.25) is 0 Å². The summed E-state index contributed by atoms with van der Waals surface area (Å²) in [4.78, 5) is 30.2. The van der Waals surface area contributed by atoms with Gasteiger partial charge in [-0.3, -0.25) is 19.5 Å². The minimum atomic E-state index is -0.219. The zero-order valence-corrected chi connectivity index (χ0v) is 16.2. The first-order chi connectivity index (χ1) is 14.0. The first-order valence-electron chi connectivity index (χ1n) is 9.10. The van der Waals surface area contributed by atoms with Crippen LogP contribution in [0.15, 0.2) is 53.5 Å². The van der Waals surface area contributed by atoms with E-state index in [9.17, 15) is 9.59 Å². The molecule has 148 valence electrons. The van der Waals surface area contributed by atoms with E-state index in [0.29, 0.717) is 36.9 Å². The van der Waals surface area contributed by atoms with Gasteiger partial charge in [-0.1, -0.05) is 12.1 Å². The number of nitrogens with zero attached hydrogens (tertiary/aromatic N) is 4. The first kappa shape index (κ1) is 18.8. The first-order valence-corrected chi connectivity index (χ1v) is 9.10. The van der Waals surface area contributed by atoms with Crippen molar-refractivity contribution in [2.75, 3.05) is 12.0 Å². The maximum absolute atomic E-state index is 12.8. The van der Waals surface area contributed by atoms with Gasteiger partial charge in [0, 0.05) is 18.7 Å². The van der Waals surface area contributed by atoms with Gasteiger partial charge in [0.2, 0.25) is 0 Å². The summed E-state index contributed by atoms with van der Waals surface area (Å²) < 4.78 is 12.0. The number of hydrogen-bond acceptors (Lipinski definition) is 6. The lowest BCUT2D eigenvalue weighted by Gasteiger charge is -2.14. The molecule has 8 nitrogen and oxygen atoms in total. The summed E-state index contributed by atoms with van der Waals surface area (Å²) in [6, 6.07) is 12.4. The van der Waals surface area contributed by atoms with Crippen molar-refractivity contribution in [3.05, 3.63) is 81.4 Å². The maximum Gasteiger partial charge on any atom is 0.266 e. The molecule has 8 heteroatoms. The van der Waals surface area contributed by atoms with Crippen molar-refractivity contribution in [3.8, 4) is 5.75 Å². The van der Waals surface area contributed by atoms with E-state index in [-0.39, 0.29) is 11.5 Å². The third-order valence-electron chi connectivity index (χ3n) is 4.75. The number of benzene rings is 1. The smallest absolute Gasteiger partial charge is 0.266 e. The third kappa shape index (κ3) is 3.88. The van der Waals surface area contributed by atoms with Crippen LogP contribution in [0.5, 0.6) is 5.75 Å². The van der Waals surface area contributed by atoms with E-state index in [1.165, 1.54) is 10.7 Å². The zero-order chi connectivity index (χ0) is 20.4. The van der Waals surface area contributed by atoms with Gasteiger partial charge in [0.05, 0.1) is 38.8 Å². The van der Waals surface area contributed by atoms with Crippen molar-refractivity contribution in [2.45, 2.75) is 19.8 Å². The van der Waals surface area contributed by atoms with Crippen molar-refractivity contribution >= 4 is 11.7 Å². The Morgan fingerprint density at radius 3 is 2.66 bits per heavy atom. The van der Waals surface area contributed by atoms with Crippen molar-refractivity contribution in [2.24, 2.45) is 7.05 Å². The van der Waals surface area contributed by atoms with Crippen molar-refractivity contribution in [3.63, 3.8) is 0 Å². The minimum absolute atomic E-state index is 0.134. The number of amides is 1. The predicted molar refractivity (Wildman–Crippen MR) is 106 cm³/mol. The van der Waals surface area contributed by atoms with Gasteiger partial charge in [-0.2, -0.15) is 5.10 Å². The molecule has 0 spiro atoms. The molecule has 2 aromatic heterocycles. The zero-order valence-electron chi connectivity index (χ0n) is 16.2. The molecule has 3 aromatic rings. The number of ether oxygens (including phenoxy) is 2. The molecule has 1 aliphatic heterocycles. The summed E-state index contributed by atoms with van der Waals surface area (Å²) in [5.41, 5.74) is 3.04. The Morgan fingerprint density at radius 1 is 1.07 bits per heavy atom. The fourth-order valence-electron chi connectivity index (χ4n) is 3.15. The van der Waals surface area contributed by atoms with Crippen molar-refractivity contribution in [1.29, 1.82) is 0 Å². The Bertz CT molecular complexity index is 1110. The molecule has 0 atom stereocenters. The molecule has 0 fully saturated rings. The molecular weight excluding hydrogens is 372 g/mol. The average molecular weight is 392 g/mol. The predicted octanol–water partition coefficient (Wildman–Crippen LogP) is 2.06. The van der Waals surface area contributed by atoms with E-state index in [2.05, 4.69) is 10.1 Å². The van der Waals surface area contributed by atoms with E-state index in [1.807, 2.05) is 30.3 Å². The molecule has 0 bridgehead atoms. The van der Waals surface area contributed by atoms with Crippen LogP contribution in [0.4, 0.5) is 5.82 Å². The van der Waals surface area contributed by atoms with Crippen molar-refractivity contribution < 1.29 is 14.3 Å². The number of rotatable bonds is 6. The number of carbonyl (C=O) groups is 1. The van der Waals surface area contributed by atoms with Crippen LogP contribution in [-0.2, 0) is 31.5 Å². The highest BCUT2D eigenvalue weighted by Crippen LogP contribution is 2.27. The summed E-state index contributed by atoms with van der Waals surface area (Å²) in [5.74, 6) is 1.02. The standard InChI is InChI=1S/C21H20N4O4/c1-24-20(26)8-7-19(23-24)25-11-15-4-3-14(9-18(15)21(25)27)12-29-13-16-5-6-17(28-2)10-22-16/h3-10H,11-13H2,1-2H3. The summed E-state index contributed by atoms with van der Waals surface area (Å²) in [5, 5.41) is 4.17. The van der Waals surface area contributed by atoms with Crippen LogP contribution in [-0.4, -0.2) is 27.8 Å². The lowest BCUT2D eigenvalue weighted by molar-refractivity contribution is 0.0992. The number of hydrogen-bond donors (Lipinski definition) is 0. The van der Waals surface area contributed by atoms with Gasteiger partial charge >= 0.3 is 0 Å². The molecule has 1 aliphatic rings. The fraction of sp³-hybridized carbons (Fsp3) is 0.238. The van der Waals surface area contributed by atoms with Gasteiger partial charge in [0.15, 0.2) is 5.82 Å². The second kappa shape index (κ2) is 7.84. The Hall–Kier alpha value is -3.52.